The minimum Gasteiger partial charge on any atom is -0.487 e. The Labute approximate surface area is 184 Å². The lowest BCUT2D eigenvalue weighted by Gasteiger charge is -2.17. The average molecular weight is 433 g/mol. The Balaban J connectivity index is 1.35. The Morgan fingerprint density at radius 1 is 1.09 bits per heavy atom. The Morgan fingerprint density at radius 3 is 2.56 bits per heavy atom. The number of para-hydroxylation sites is 1. The molecule has 0 fully saturated rings. The molecule has 0 bridgehead atoms. The molecule has 1 atom stereocenters. The molecule has 0 aliphatic heterocycles. The molecule has 2 aromatic carbocycles. The van der Waals surface area contributed by atoms with Crippen molar-refractivity contribution in [1.82, 2.24) is 9.56 Å². The molecule has 164 valence electrons. The summed E-state index contributed by atoms with van der Waals surface area (Å²) in [5.41, 5.74) is 1.26. The van der Waals surface area contributed by atoms with E-state index in [4.69, 9.17) is 14.0 Å². The Bertz CT molecular complexity index is 1260. The lowest BCUT2D eigenvalue weighted by Crippen LogP contribution is -2.32. The Kier molecular flexibility index (Phi) is 6.21. The van der Waals surface area contributed by atoms with E-state index in [1.807, 2.05) is 37.3 Å². The Morgan fingerprint density at radius 2 is 1.84 bits per heavy atom. The number of hydrogen-bond donors (Lipinski definition) is 1. The van der Waals surface area contributed by atoms with E-state index in [1.165, 1.54) is 6.07 Å². The quantitative estimate of drug-likeness (QED) is 0.452. The number of nitrogens with one attached hydrogen (secondary N) is 1. The fourth-order valence-corrected chi connectivity index (χ4v) is 3.15. The molecule has 0 aliphatic carbocycles. The molecular weight excluding hydrogens is 410 g/mol. The lowest BCUT2D eigenvalue weighted by atomic mass is 10.2. The molecule has 0 spiro atoms. The molecule has 1 N–H and O–H groups in total. The first-order chi connectivity index (χ1) is 15.5. The number of amides is 1. The number of rotatable bonds is 8. The number of carbonyl (C=O) groups is 1. The summed E-state index contributed by atoms with van der Waals surface area (Å²) in [5.74, 6) is 1.61. The number of nitrogens with zero attached hydrogens (tertiary/aromatic N) is 2. The van der Waals surface area contributed by atoms with Gasteiger partial charge in [0.1, 0.15) is 23.9 Å². The number of carbonyl (C=O) groups excluding carboxylic acids is 1. The van der Waals surface area contributed by atoms with Crippen molar-refractivity contribution < 1.29 is 18.8 Å². The number of aryl methyl sites for hydroxylation is 1. The molecular formula is C24H23N3O5. The highest BCUT2D eigenvalue weighted by molar-refractivity contribution is 5.94. The summed E-state index contributed by atoms with van der Waals surface area (Å²) >= 11 is 0. The largest absolute Gasteiger partial charge is 0.487 e. The van der Waals surface area contributed by atoms with Crippen molar-refractivity contribution in [2.45, 2.75) is 33.0 Å². The fourth-order valence-electron chi connectivity index (χ4n) is 3.15. The van der Waals surface area contributed by atoms with Crippen LogP contribution in [0.5, 0.6) is 11.5 Å². The molecule has 0 saturated carbocycles. The molecule has 8 heteroatoms. The zero-order chi connectivity index (χ0) is 22.5. The summed E-state index contributed by atoms with van der Waals surface area (Å²) in [6.07, 6.45) is -0.0600. The van der Waals surface area contributed by atoms with Gasteiger partial charge in [-0.25, -0.2) is 4.98 Å². The van der Waals surface area contributed by atoms with Gasteiger partial charge in [0.2, 0.25) is 0 Å². The van der Waals surface area contributed by atoms with E-state index in [2.05, 4.69) is 10.3 Å². The van der Waals surface area contributed by atoms with Gasteiger partial charge in [0.25, 0.3) is 11.5 Å². The summed E-state index contributed by atoms with van der Waals surface area (Å²) in [4.78, 5) is 29.0. The van der Waals surface area contributed by atoms with Crippen molar-refractivity contribution >= 4 is 17.2 Å². The van der Waals surface area contributed by atoms with Gasteiger partial charge in [0.05, 0.1) is 5.69 Å². The normalized spacial score (nSPS) is 11.8. The van der Waals surface area contributed by atoms with E-state index in [9.17, 15) is 9.59 Å². The zero-order valence-electron chi connectivity index (χ0n) is 17.8. The third-order valence-electron chi connectivity index (χ3n) is 4.72. The van der Waals surface area contributed by atoms with Gasteiger partial charge < -0.3 is 19.3 Å². The van der Waals surface area contributed by atoms with Crippen molar-refractivity contribution in [3.05, 3.63) is 88.5 Å². The summed E-state index contributed by atoms with van der Waals surface area (Å²) in [6.45, 7) is 3.78. The summed E-state index contributed by atoms with van der Waals surface area (Å²) in [7, 11) is 0. The predicted molar refractivity (Wildman–Crippen MR) is 119 cm³/mol. The minimum absolute atomic E-state index is 0.129. The molecule has 8 nitrogen and oxygen atoms in total. The molecule has 0 radical (unpaired) electrons. The van der Waals surface area contributed by atoms with Crippen molar-refractivity contribution in [2.24, 2.45) is 0 Å². The maximum atomic E-state index is 12.6. The van der Waals surface area contributed by atoms with Crippen LogP contribution in [0.3, 0.4) is 0 Å². The van der Waals surface area contributed by atoms with Crippen molar-refractivity contribution in [1.29, 1.82) is 0 Å². The van der Waals surface area contributed by atoms with Crippen LogP contribution < -0.4 is 20.3 Å². The SMILES string of the molecule is CC[C@@H](Oc1ccccc1)C(=O)Nc1ccc(OCc2cc(=O)n3oc(C)cc3n2)cc1. The number of benzene rings is 2. The smallest absolute Gasteiger partial charge is 0.287 e. The van der Waals surface area contributed by atoms with Crippen molar-refractivity contribution in [3.63, 3.8) is 0 Å². The van der Waals surface area contributed by atoms with Crippen LogP contribution in [0.1, 0.15) is 24.8 Å². The first kappa shape index (κ1) is 21.2. The van der Waals surface area contributed by atoms with Gasteiger partial charge in [-0.15, -0.1) is 4.57 Å². The van der Waals surface area contributed by atoms with E-state index >= 15 is 0 Å². The molecule has 4 rings (SSSR count). The standard InChI is InChI=1S/C24H23N3O5/c1-3-21(31-20-7-5-4-6-8-20)24(29)26-17-9-11-19(12-10-17)30-15-18-14-23(28)27-22(25-18)13-16(2)32-27/h4-14,21H,3,15H2,1-2H3,(H,26,29)/t21-/m1/s1. The number of ether oxygens (including phenoxy) is 2. The fraction of sp³-hybridized carbons (Fsp3) is 0.208. The molecule has 2 heterocycles. The van der Waals surface area contributed by atoms with E-state index in [-0.39, 0.29) is 18.1 Å². The highest BCUT2D eigenvalue weighted by Gasteiger charge is 2.18. The molecule has 32 heavy (non-hydrogen) atoms. The van der Waals surface area contributed by atoms with Crippen LogP contribution in [-0.4, -0.2) is 21.6 Å². The second-order valence-corrected chi connectivity index (χ2v) is 7.21. The number of anilines is 1. The predicted octanol–water partition coefficient (Wildman–Crippen LogP) is 3.97. The zero-order valence-corrected chi connectivity index (χ0v) is 17.8. The molecule has 0 saturated heterocycles. The van der Waals surface area contributed by atoms with Gasteiger partial charge in [0.15, 0.2) is 11.8 Å². The summed E-state index contributed by atoms with van der Waals surface area (Å²) in [6, 6.07) is 19.3. The van der Waals surface area contributed by atoms with Crippen LogP contribution in [0.4, 0.5) is 5.69 Å². The van der Waals surface area contributed by atoms with Crippen LogP contribution in [0.2, 0.25) is 0 Å². The monoisotopic (exact) mass is 433 g/mol. The second-order valence-electron chi connectivity index (χ2n) is 7.21. The van der Waals surface area contributed by atoms with Crippen molar-refractivity contribution in [2.75, 3.05) is 5.32 Å². The molecule has 1 amide bonds. The first-order valence-electron chi connectivity index (χ1n) is 10.3. The molecule has 2 aromatic heterocycles. The molecule has 0 unspecified atom stereocenters. The van der Waals surface area contributed by atoms with Gasteiger partial charge in [-0.2, -0.15) is 0 Å². The summed E-state index contributed by atoms with van der Waals surface area (Å²) < 4.78 is 17.9. The van der Waals surface area contributed by atoms with Crippen LogP contribution in [0.25, 0.3) is 5.65 Å². The lowest BCUT2D eigenvalue weighted by molar-refractivity contribution is -0.122. The Hall–Kier alpha value is -4.07. The molecule has 4 aromatic rings. The van der Waals surface area contributed by atoms with Gasteiger partial charge in [0, 0.05) is 17.8 Å². The second kappa shape index (κ2) is 9.38. The van der Waals surface area contributed by atoms with E-state index in [0.717, 1.165) is 4.57 Å². The van der Waals surface area contributed by atoms with Crippen LogP contribution in [-0.2, 0) is 11.4 Å². The van der Waals surface area contributed by atoms with Crippen LogP contribution in [0, 0.1) is 6.92 Å². The van der Waals surface area contributed by atoms with Gasteiger partial charge in [-0.3, -0.25) is 9.59 Å². The third-order valence-corrected chi connectivity index (χ3v) is 4.72. The van der Waals surface area contributed by atoms with E-state index in [0.29, 0.717) is 40.7 Å². The van der Waals surface area contributed by atoms with Crippen LogP contribution >= 0.6 is 0 Å². The van der Waals surface area contributed by atoms with E-state index < -0.39 is 6.10 Å². The van der Waals surface area contributed by atoms with Crippen molar-refractivity contribution in [3.8, 4) is 11.5 Å². The number of hydrogen-bond acceptors (Lipinski definition) is 6. The topological polar surface area (TPSA) is 95.1 Å². The maximum absolute atomic E-state index is 12.6. The first-order valence-corrected chi connectivity index (χ1v) is 10.3. The van der Waals surface area contributed by atoms with E-state index in [1.54, 1.807) is 37.3 Å². The highest BCUT2D eigenvalue weighted by atomic mass is 16.5. The summed E-state index contributed by atoms with van der Waals surface area (Å²) in [5, 5.41) is 2.86. The average Bonchev–Trinajstić information content (AvgIpc) is 3.18. The molecule has 0 aliphatic rings. The minimum atomic E-state index is -0.597. The number of aromatic nitrogens is 2. The maximum Gasteiger partial charge on any atom is 0.287 e. The number of fused-ring (bicyclic) bond motifs is 1. The van der Waals surface area contributed by atoms with Crippen LogP contribution in [0.15, 0.2) is 76.0 Å². The highest BCUT2D eigenvalue weighted by Crippen LogP contribution is 2.19. The van der Waals surface area contributed by atoms with Gasteiger partial charge >= 0.3 is 0 Å². The van der Waals surface area contributed by atoms with Gasteiger partial charge in [-0.05, 0) is 49.7 Å². The third kappa shape index (κ3) is 4.97. The van der Waals surface area contributed by atoms with Gasteiger partial charge in [-0.1, -0.05) is 25.1 Å².